The first-order valence-electron chi connectivity index (χ1n) is 5.08. The Labute approximate surface area is 95.7 Å². The van der Waals surface area contributed by atoms with Gasteiger partial charge in [-0.05, 0) is 18.6 Å². The molecule has 3 N–H and O–H groups in total. The molecule has 1 aromatic heterocycles. The van der Waals surface area contributed by atoms with E-state index in [1.165, 1.54) is 0 Å². The fourth-order valence-corrected chi connectivity index (χ4v) is 1.50. The summed E-state index contributed by atoms with van der Waals surface area (Å²) in [7, 11) is 3.57. The summed E-state index contributed by atoms with van der Waals surface area (Å²) in [6, 6.07) is 1.85. The van der Waals surface area contributed by atoms with Gasteiger partial charge in [0, 0.05) is 26.9 Å². The first-order chi connectivity index (χ1) is 7.57. The van der Waals surface area contributed by atoms with Crippen molar-refractivity contribution in [2.75, 3.05) is 32.2 Å². The Kier molecular flexibility index (Phi) is 4.25. The van der Waals surface area contributed by atoms with Gasteiger partial charge in [-0.25, -0.2) is 4.98 Å². The van der Waals surface area contributed by atoms with Crippen molar-refractivity contribution in [2.45, 2.75) is 6.92 Å². The highest BCUT2D eigenvalue weighted by atomic mass is 16.5. The number of hydrogen-bond acceptors (Lipinski definition) is 4. The fraction of sp³-hybridized carbons (Fsp3) is 0.455. The summed E-state index contributed by atoms with van der Waals surface area (Å²) in [5.41, 5.74) is 7.22. The van der Waals surface area contributed by atoms with Crippen LogP contribution in [0.4, 0.5) is 5.82 Å². The van der Waals surface area contributed by atoms with Gasteiger partial charge in [0.05, 0.1) is 12.2 Å². The van der Waals surface area contributed by atoms with Gasteiger partial charge in [0.25, 0.3) is 0 Å². The summed E-state index contributed by atoms with van der Waals surface area (Å²) >= 11 is 0. The minimum atomic E-state index is 0.0462. The van der Waals surface area contributed by atoms with Crippen molar-refractivity contribution in [1.82, 2.24) is 4.98 Å². The highest BCUT2D eigenvalue weighted by Crippen LogP contribution is 2.18. The molecule has 0 radical (unpaired) electrons. The Hall–Kier alpha value is -1.62. The van der Waals surface area contributed by atoms with E-state index < -0.39 is 0 Å². The lowest BCUT2D eigenvalue weighted by Crippen LogP contribution is -2.27. The average Bonchev–Trinajstić information content (AvgIpc) is 2.24. The number of methoxy groups -OCH3 is 1. The first kappa shape index (κ1) is 12.4. The number of aromatic nitrogens is 1. The van der Waals surface area contributed by atoms with Crippen LogP contribution in [0.5, 0.6) is 0 Å². The summed E-state index contributed by atoms with van der Waals surface area (Å²) in [4.78, 5) is 6.20. The molecule has 0 fully saturated rings. The maximum absolute atomic E-state index is 7.57. The molecule has 1 rings (SSSR count). The summed E-state index contributed by atoms with van der Waals surface area (Å²) in [5.74, 6) is 0.773. The van der Waals surface area contributed by atoms with Crippen LogP contribution in [0.2, 0.25) is 0 Å². The maximum Gasteiger partial charge on any atom is 0.139 e. The molecule has 0 unspecified atom stereocenters. The molecular weight excluding hydrogens is 204 g/mol. The standard InChI is InChI=1S/C11H18N4O/c1-8-4-5-14-11(9(8)10(12)13)15(2)6-7-16-3/h4-5H,6-7H2,1-3H3,(H3,12,13). The summed E-state index contributed by atoms with van der Waals surface area (Å²) in [6.07, 6.45) is 1.72. The van der Waals surface area contributed by atoms with E-state index in [1.54, 1.807) is 13.3 Å². The second kappa shape index (κ2) is 5.46. The number of nitrogens with two attached hydrogens (primary N) is 1. The lowest BCUT2D eigenvalue weighted by Gasteiger charge is -2.21. The van der Waals surface area contributed by atoms with Crippen molar-refractivity contribution in [1.29, 1.82) is 5.41 Å². The highest BCUT2D eigenvalue weighted by Gasteiger charge is 2.13. The Balaban J connectivity index is 3.02. The monoisotopic (exact) mass is 222 g/mol. The zero-order valence-electron chi connectivity index (χ0n) is 9.95. The molecule has 0 aliphatic carbocycles. The lowest BCUT2D eigenvalue weighted by molar-refractivity contribution is 0.206. The van der Waals surface area contributed by atoms with Crippen LogP contribution in [0.15, 0.2) is 12.3 Å². The number of nitrogens with zero attached hydrogens (tertiary/aromatic N) is 2. The van der Waals surface area contributed by atoms with Gasteiger partial charge in [0.15, 0.2) is 0 Å². The van der Waals surface area contributed by atoms with E-state index in [0.717, 1.165) is 11.4 Å². The van der Waals surface area contributed by atoms with Crippen LogP contribution in [0.25, 0.3) is 0 Å². The number of nitrogens with one attached hydrogen (secondary N) is 1. The molecule has 0 saturated carbocycles. The van der Waals surface area contributed by atoms with Crippen LogP contribution in [0.3, 0.4) is 0 Å². The molecule has 1 aromatic rings. The third kappa shape index (κ3) is 2.70. The van der Waals surface area contributed by atoms with Crippen LogP contribution in [-0.4, -0.2) is 38.1 Å². The Morgan fingerprint density at radius 2 is 2.31 bits per heavy atom. The van der Waals surface area contributed by atoms with E-state index in [-0.39, 0.29) is 5.84 Å². The number of hydrogen-bond donors (Lipinski definition) is 2. The zero-order chi connectivity index (χ0) is 12.1. The quantitative estimate of drug-likeness (QED) is 0.569. The van der Waals surface area contributed by atoms with E-state index in [9.17, 15) is 0 Å². The molecule has 0 aliphatic rings. The zero-order valence-corrected chi connectivity index (χ0v) is 9.95. The normalized spacial score (nSPS) is 10.2. The Morgan fingerprint density at radius 1 is 1.62 bits per heavy atom. The largest absolute Gasteiger partial charge is 0.384 e. The molecule has 0 aliphatic heterocycles. The smallest absolute Gasteiger partial charge is 0.139 e. The van der Waals surface area contributed by atoms with Crippen LogP contribution in [0.1, 0.15) is 11.1 Å². The highest BCUT2D eigenvalue weighted by molar-refractivity contribution is 6.00. The topological polar surface area (TPSA) is 75.2 Å². The molecule has 0 atom stereocenters. The number of aryl methyl sites for hydroxylation is 1. The van der Waals surface area contributed by atoms with Gasteiger partial charge < -0.3 is 15.4 Å². The van der Waals surface area contributed by atoms with Gasteiger partial charge in [-0.1, -0.05) is 0 Å². The predicted octanol–water partition coefficient (Wildman–Crippen LogP) is 0.757. The summed E-state index contributed by atoms with van der Waals surface area (Å²) in [5, 5.41) is 7.57. The van der Waals surface area contributed by atoms with E-state index in [2.05, 4.69) is 4.98 Å². The van der Waals surface area contributed by atoms with Gasteiger partial charge in [-0.15, -0.1) is 0 Å². The van der Waals surface area contributed by atoms with Crippen molar-refractivity contribution in [3.05, 3.63) is 23.4 Å². The van der Waals surface area contributed by atoms with E-state index in [1.807, 2.05) is 24.9 Å². The molecule has 88 valence electrons. The van der Waals surface area contributed by atoms with Crippen LogP contribution < -0.4 is 10.6 Å². The number of nitrogen functional groups attached to an aromatic ring is 1. The summed E-state index contributed by atoms with van der Waals surface area (Å²) in [6.45, 7) is 3.25. The molecule has 0 bridgehead atoms. The van der Waals surface area contributed by atoms with Gasteiger partial charge in [-0.3, -0.25) is 5.41 Å². The Morgan fingerprint density at radius 3 is 2.88 bits per heavy atom. The number of rotatable bonds is 5. The van der Waals surface area contributed by atoms with E-state index in [4.69, 9.17) is 15.9 Å². The minimum Gasteiger partial charge on any atom is -0.384 e. The minimum absolute atomic E-state index is 0.0462. The molecule has 1 heterocycles. The molecule has 0 aromatic carbocycles. The van der Waals surface area contributed by atoms with Gasteiger partial charge in [0.1, 0.15) is 11.7 Å². The van der Waals surface area contributed by atoms with Crippen molar-refractivity contribution in [3.63, 3.8) is 0 Å². The van der Waals surface area contributed by atoms with E-state index in [0.29, 0.717) is 18.7 Å². The number of amidine groups is 1. The number of ether oxygens (including phenoxy) is 1. The van der Waals surface area contributed by atoms with Gasteiger partial charge >= 0.3 is 0 Å². The van der Waals surface area contributed by atoms with Gasteiger partial charge in [0.2, 0.25) is 0 Å². The van der Waals surface area contributed by atoms with Crippen molar-refractivity contribution in [2.24, 2.45) is 5.73 Å². The van der Waals surface area contributed by atoms with Crippen molar-refractivity contribution < 1.29 is 4.74 Å². The molecule has 0 spiro atoms. The fourth-order valence-electron chi connectivity index (χ4n) is 1.50. The number of pyridine rings is 1. The molecule has 0 amide bonds. The number of anilines is 1. The van der Waals surface area contributed by atoms with Crippen molar-refractivity contribution >= 4 is 11.7 Å². The lowest BCUT2D eigenvalue weighted by atomic mass is 10.1. The second-order valence-electron chi connectivity index (χ2n) is 3.65. The third-order valence-corrected chi connectivity index (χ3v) is 2.40. The third-order valence-electron chi connectivity index (χ3n) is 2.40. The molecular formula is C11H18N4O. The molecule has 5 nitrogen and oxygen atoms in total. The van der Waals surface area contributed by atoms with Crippen LogP contribution in [-0.2, 0) is 4.74 Å². The number of likely N-dealkylation sites (N-methyl/N-ethyl adjacent to an activating group) is 1. The van der Waals surface area contributed by atoms with Gasteiger partial charge in [-0.2, -0.15) is 0 Å². The summed E-state index contributed by atoms with van der Waals surface area (Å²) < 4.78 is 5.01. The van der Waals surface area contributed by atoms with Crippen LogP contribution >= 0.6 is 0 Å². The molecule has 16 heavy (non-hydrogen) atoms. The second-order valence-corrected chi connectivity index (χ2v) is 3.65. The van der Waals surface area contributed by atoms with Crippen LogP contribution in [0, 0.1) is 12.3 Å². The van der Waals surface area contributed by atoms with Crippen molar-refractivity contribution in [3.8, 4) is 0 Å². The SMILES string of the molecule is COCCN(C)c1nccc(C)c1C(=N)N. The van der Waals surface area contributed by atoms with E-state index >= 15 is 0 Å². The first-order valence-corrected chi connectivity index (χ1v) is 5.08. The predicted molar refractivity (Wildman–Crippen MR) is 65.1 cm³/mol. The molecule has 5 heteroatoms. The maximum atomic E-state index is 7.57. The Bertz CT molecular complexity index is 378. The molecule has 0 saturated heterocycles. The average molecular weight is 222 g/mol.